The number of aliphatic hydroxyl groups excluding tert-OH is 1. The average molecular weight is 425 g/mol. The minimum atomic E-state index is -1.34. The molecule has 1 aliphatic rings. The summed E-state index contributed by atoms with van der Waals surface area (Å²) in [5.74, 6) is -0.0425. The van der Waals surface area contributed by atoms with Crippen LogP contribution in [0.25, 0.3) is 0 Å². The highest BCUT2D eigenvalue weighted by Crippen LogP contribution is 2.41. The van der Waals surface area contributed by atoms with Gasteiger partial charge in [-0.15, -0.1) is 0 Å². The number of ketones is 1. The van der Waals surface area contributed by atoms with Crippen LogP contribution in [0, 0.1) is 11.3 Å². The molecule has 1 heterocycles. The number of ether oxygens (including phenoxy) is 5. The molecule has 1 saturated heterocycles. The van der Waals surface area contributed by atoms with Gasteiger partial charge in [-0.1, -0.05) is 27.7 Å². The minimum absolute atomic E-state index is 0.302. The van der Waals surface area contributed by atoms with Crippen molar-refractivity contribution in [2.45, 2.75) is 46.3 Å². The van der Waals surface area contributed by atoms with Gasteiger partial charge in [-0.25, -0.2) is 4.79 Å². The number of hydrogen-bond donors (Lipinski definition) is 1. The fourth-order valence-electron chi connectivity index (χ4n) is 3.52. The van der Waals surface area contributed by atoms with Gasteiger partial charge in [0.1, 0.15) is 12.3 Å². The van der Waals surface area contributed by atoms with E-state index in [1.807, 2.05) is 20.8 Å². The molecule has 0 radical (unpaired) electrons. The van der Waals surface area contributed by atoms with E-state index in [0.717, 1.165) is 4.90 Å². The van der Waals surface area contributed by atoms with E-state index in [9.17, 15) is 14.7 Å². The van der Waals surface area contributed by atoms with Crippen molar-refractivity contribution in [1.82, 2.24) is 4.90 Å². The lowest BCUT2D eigenvalue weighted by Gasteiger charge is -2.33. The van der Waals surface area contributed by atoms with Crippen LogP contribution in [0.15, 0.2) is 12.1 Å². The lowest BCUT2D eigenvalue weighted by atomic mass is 9.93. The number of amides is 1. The summed E-state index contributed by atoms with van der Waals surface area (Å²) in [5, 5.41) is 10.8. The van der Waals surface area contributed by atoms with Gasteiger partial charge >= 0.3 is 6.09 Å². The number of carbonyl (C=O) groups is 2. The van der Waals surface area contributed by atoms with E-state index in [2.05, 4.69) is 0 Å². The molecule has 4 unspecified atom stereocenters. The highest BCUT2D eigenvalue weighted by Gasteiger charge is 2.52. The van der Waals surface area contributed by atoms with Gasteiger partial charge in [-0.05, 0) is 12.1 Å². The fraction of sp³-hybridized carbons (Fsp3) is 0.619. The Bertz CT molecular complexity index is 763. The molecule has 168 valence electrons. The number of methoxy groups -OCH3 is 4. The average Bonchev–Trinajstić information content (AvgIpc) is 3.08. The highest BCUT2D eigenvalue weighted by molar-refractivity contribution is 5.99. The van der Waals surface area contributed by atoms with Crippen molar-refractivity contribution in [1.29, 1.82) is 0 Å². The van der Waals surface area contributed by atoms with Crippen molar-refractivity contribution in [2.75, 3.05) is 28.4 Å². The van der Waals surface area contributed by atoms with E-state index >= 15 is 0 Å². The monoisotopic (exact) mass is 425 g/mol. The summed E-state index contributed by atoms with van der Waals surface area (Å²) < 4.78 is 26.7. The third kappa shape index (κ3) is 4.32. The van der Waals surface area contributed by atoms with Crippen molar-refractivity contribution in [3.05, 3.63) is 17.7 Å². The highest BCUT2D eigenvalue weighted by atomic mass is 16.6. The summed E-state index contributed by atoms with van der Waals surface area (Å²) in [6.45, 7) is 7.25. The number of aliphatic hydroxyl groups is 1. The first-order valence-corrected chi connectivity index (χ1v) is 9.55. The summed E-state index contributed by atoms with van der Waals surface area (Å²) in [5.41, 5.74) is -0.212. The summed E-state index contributed by atoms with van der Waals surface area (Å²) in [6.07, 6.45) is -3.78. The molecule has 2 rings (SSSR count). The topological polar surface area (TPSA) is 104 Å². The van der Waals surface area contributed by atoms with E-state index in [1.54, 1.807) is 19.1 Å². The van der Waals surface area contributed by atoms with Crippen LogP contribution >= 0.6 is 0 Å². The largest absolute Gasteiger partial charge is 0.493 e. The lowest BCUT2D eigenvalue weighted by Crippen LogP contribution is -2.48. The first-order valence-electron chi connectivity index (χ1n) is 9.55. The fourth-order valence-corrected chi connectivity index (χ4v) is 3.52. The van der Waals surface area contributed by atoms with Gasteiger partial charge in [0.15, 0.2) is 23.5 Å². The zero-order chi connectivity index (χ0) is 22.8. The zero-order valence-electron chi connectivity index (χ0n) is 18.7. The van der Waals surface area contributed by atoms with Gasteiger partial charge in [-0.3, -0.25) is 9.69 Å². The van der Waals surface area contributed by atoms with E-state index in [4.69, 9.17) is 23.7 Å². The van der Waals surface area contributed by atoms with Crippen molar-refractivity contribution in [3.63, 3.8) is 0 Å². The standard InChI is InChI=1S/C21H31NO8/c1-11(15(23)12-9-13(26-5)17(28-7)14(10-12)27-6)16-18(24)22(20(25)29-8)19(30-16)21(2,3)4/h9-11,16,18-19,24H,1-8H3. The normalized spacial score (nSPS) is 22.4. The maximum atomic E-state index is 13.2. The molecule has 1 amide bonds. The second-order valence-electron chi connectivity index (χ2n) is 8.18. The molecule has 0 spiro atoms. The number of carbonyl (C=O) groups excluding carboxylic acids is 2. The summed E-state index contributed by atoms with van der Waals surface area (Å²) >= 11 is 0. The number of nitrogens with zero attached hydrogens (tertiary/aromatic N) is 1. The minimum Gasteiger partial charge on any atom is -0.493 e. The lowest BCUT2D eigenvalue weighted by molar-refractivity contribution is -0.0701. The molecule has 1 aliphatic heterocycles. The van der Waals surface area contributed by atoms with Crippen LogP contribution in [0.4, 0.5) is 4.79 Å². The van der Waals surface area contributed by atoms with Gasteiger partial charge in [0.25, 0.3) is 0 Å². The third-order valence-electron chi connectivity index (χ3n) is 5.10. The van der Waals surface area contributed by atoms with E-state index in [1.165, 1.54) is 28.4 Å². The molecular weight excluding hydrogens is 394 g/mol. The molecule has 4 atom stereocenters. The van der Waals surface area contributed by atoms with Crippen molar-refractivity contribution in [3.8, 4) is 17.2 Å². The first kappa shape index (κ1) is 23.8. The summed E-state index contributed by atoms with van der Waals surface area (Å²) in [7, 11) is 5.62. The van der Waals surface area contributed by atoms with Gasteiger partial charge in [0.05, 0.1) is 34.4 Å². The maximum Gasteiger partial charge on any atom is 0.413 e. The molecule has 1 aromatic rings. The molecule has 1 N–H and O–H groups in total. The smallest absolute Gasteiger partial charge is 0.413 e. The second-order valence-corrected chi connectivity index (χ2v) is 8.18. The Morgan fingerprint density at radius 1 is 1.07 bits per heavy atom. The molecule has 0 bridgehead atoms. The van der Waals surface area contributed by atoms with Crippen LogP contribution in [0.1, 0.15) is 38.1 Å². The number of hydrogen-bond acceptors (Lipinski definition) is 8. The molecule has 0 aromatic heterocycles. The molecule has 1 aromatic carbocycles. The molecule has 0 saturated carbocycles. The Balaban J connectivity index is 2.39. The van der Waals surface area contributed by atoms with Crippen molar-refractivity contribution < 1.29 is 38.4 Å². The Labute approximate surface area is 176 Å². The molecule has 9 nitrogen and oxygen atoms in total. The van der Waals surface area contributed by atoms with Gasteiger partial charge < -0.3 is 28.8 Å². The summed E-state index contributed by atoms with van der Waals surface area (Å²) in [4.78, 5) is 26.6. The number of benzene rings is 1. The summed E-state index contributed by atoms with van der Waals surface area (Å²) in [6, 6.07) is 3.08. The van der Waals surface area contributed by atoms with Crippen LogP contribution < -0.4 is 14.2 Å². The van der Waals surface area contributed by atoms with Gasteiger partial charge in [0.2, 0.25) is 5.75 Å². The Hall–Kier alpha value is -2.52. The van der Waals surface area contributed by atoms with E-state index in [0.29, 0.717) is 22.8 Å². The van der Waals surface area contributed by atoms with Crippen LogP contribution in [0.3, 0.4) is 0 Å². The quantitative estimate of drug-likeness (QED) is 0.694. The Morgan fingerprint density at radius 2 is 1.60 bits per heavy atom. The SMILES string of the molecule is COC(=O)N1C(O)C(C(C)C(=O)c2cc(OC)c(OC)c(OC)c2)OC1C(C)(C)C. The maximum absolute atomic E-state index is 13.2. The van der Waals surface area contributed by atoms with Gasteiger partial charge in [0, 0.05) is 11.0 Å². The molecule has 9 heteroatoms. The van der Waals surface area contributed by atoms with Crippen LogP contribution in [-0.2, 0) is 9.47 Å². The van der Waals surface area contributed by atoms with E-state index in [-0.39, 0.29) is 5.78 Å². The van der Waals surface area contributed by atoms with Crippen LogP contribution in [-0.4, -0.2) is 68.9 Å². The van der Waals surface area contributed by atoms with Crippen molar-refractivity contribution in [2.24, 2.45) is 11.3 Å². The Morgan fingerprint density at radius 3 is 2.00 bits per heavy atom. The number of Topliss-reactive ketones (excluding diaryl/α,β-unsaturated/α-hetero) is 1. The first-order chi connectivity index (χ1) is 14.0. The third-order valence-corrected chi connectivity index (χ3v) is 5.10. The molecule has 30 heavy (non-hydrogen) atoms. The number of rotatable bonds is 6. The van der Waals surface area contributed by atoms with Gasteiger partial charge in [-0.2, -0.15) is 0 Å². The predicted molar refractivity (Wildman–Crippen MR) is 108 cm³/mol. The van der Waals surface area contributed by atoms with Crippen molar-refractivity contribution >= 4 is 11.9 Å². The molecular formula is C21H31NO8. The molecule has 0 aliphatic carbocycles. The Kier molecular flexibility index (Phi) is 7.20. The zero-order valence-corrected chi connectivity index (χ0v) is 18.7. The second kappa shape index (κ2) is 9.09. The molecule has 1 fully saturated rings. The van der Waals surface area contributed by atoms with Crippen LogP contribution in [0.5, 0.6) is 17.2 Å². The van der Waals surface area contributed by atoms with Crippen LogP contribution in [0.2, 0.25) is 0 Å². The van der Waals surface area contributed by atoms with E-state index < -0.39 is 36.0 Å². The predicted octanol–water partition coefficient (Wildman–Crippen LogP) is 2.69.